The first-order valence-corrected chi connectivity index (χ1v) is 16.9. The zero-order valence-corrected chi connectivity index (χ0v) is 28.7. The van der Waals surface area contributed by atoms with E-state index in [0.717, 1.165) is 0 Å². The molecule has 3 N–H and O–H groups in total. The highest BCUT2D eigenvalue weighted by Gasteiger charge is 2.92. The number of hydrogen-bond acceptors (Lipinski definition) is 13. The van der Waals surface area contributed by atoms with E-state index in [1.165, 1.54) is 21.1 Å². The second-order valence-electron chi connectivity index (χ2n) is 14.8. The lowest BCUT2D eigenvalue weighted by Crippen LogP contribution is -2.81. The van der Waals surface area contributed by atoms with Crippen molar-refractivity contribution in [2.45, 2.75) is 80.6 Å². The fourth-order valence-corrected chi connectivity index (χ4v) is 12.5. The monoisotopic (exact) mass is 675 g/mol. The average molecular weight is 676 g/mol. The minimum atomic E-state index is -1.86. The van der Waals surface area contributed by atoms with E-state index in [1.807, 2.05) is 6.92 Å². The van der Waals surface area contributed by atoms with Crippen LogP contribution in [0.4, 0.5) is 0 Å². The van der Waals surface area contributed by atoms with Gasteiger partial charge in [-0.3, -0.25) is 9.69 Å². The standard InChI is InChI=1S/C35H49NO12/c1-8-36-15-32(16-42-3)21(38)13-22(44-5)34-20-14-33(41)29(47-31(40)18-9-11-19(43-4)12-10-18)23(20)35(48-17(2)37,28(39)30(33)46-7)24(27(34)36)25(45-6)26(32)34/h9-12,20-30,38-39,41H,8,13-16H2,1-7H3/t20-,21-,22?,23-,24+,25+,26-,27+,28+,29-,30+,32+,33+,34+,35-/m1/s1. The number of nitrogens with zero attached hydrogens (tertiary/aromatic N) is 1. The zero-order valence-electron chi connectivity index (χ0n) is 28.7. The van der Waals surface area contributed by atoms with Gasteiger partial charge in [-0.05, 0) is 43.1 Å². The number of aliphatic hydroxyl groups excluding tert-OH is 2. The Balaban J connectivity index is 1.50. The predicted molar refractivity (Wildman–Crippen MR) is 167 cm³/mol. The van der Waals surface area contributed by atoms with Crippen LogP contribution in [-0.2, 0) is 33.2 Å². The van der Waals surface area contributed by atoms with Crippen molar-refractivity contribution in [3.05, 3.63) is 29.8 Å². The van der Waals surface area contributed by atoms with Crippen molar-refractivity contribution in [2.75, 3.05) is 55.2 Å². The Hall–Kier alpha value is -2.36. The van der Waals surface area contributed by atoms with Gasteiger partial charge in [0.1, 0.15) is 29.7 Å². The summed E-state index contributed by atoms with van der Waals surface area (Å²) in [6, 6.07) is 6.10. The Morgan fingerprint density at radius 1 is 0.979 bits per heavy atom. The topological polar surface area (TPSA) is 163 Å². The molecular formula is C35H49NO12. The lowest BCUT2D eigenvalue weighted by Gasteiger charge is -2.70. The number of benzene rings is 1. The van der Waals surface area contributed by atoms with Crippen molar-refractivity contribution in [2.24, 2.45) is 34.5 Å². The molecule has 15 atom stereocenters. The molecule has 7 rings (SSSR count). The molecule has 7 bridgehead atoms. The van der Waals surface area contributed by atoms with Crippen molar-refractivity contribution in [1.29, 1.82) is 0 Å². The van der Waals surface area contributed by atoms with Crippen LogP contribution in [0.5, 0.6) is 5.75 Å². The van der Waals surface area contributed by atoms with Crippen LogP contribution in [0.25, 0.3) is 0 Å². The number of methoxy groups -OCH3 is 5. The molecule has 6 aliphatic rings. The first-order chi connectivity index (χ1) is 22.9. The molecule has 0 aromatic heterocycles. The highest BCUT2D eigenvalue weighted by molar-refractivity contribution is 5.89. The summed E-state index contributed by atoms with van der Waals surface area (Å²) in [5.41, 5.74) is -4.94. The van der Waals surface area contributed by atoms with Crippen molar-refractivity contribution >= 4 is 11.9 Å². The highest BCUT2D eigenvalue weighted by Crippen LogP contribution is 2.80. The second kappa shape index (κ2) is 11.6. The number of esters is 2. The molecule has 13 nitrogen and oxygen atoms in total. The molecule has 1 heterocycles. The fraction of sp³-hybridized carbons (Fsp3) is 0.771. The smallest absolute Gasteiger partial charge is 0.338 e. The quantitative estimate of drug-likeness (QED) is 0.297. The van der Waals surface area contributed by atoms with Gasteiger partial charge < -0.3 is 48.5 Å². The summed E-state index contributed by atoms with van der Waals surface area (Å²) in [4.78, 5) is 29.5. The van der Waals surface area contributed by atoms with Crippen molar-refractivity contribution < 1.29 is 58.1 Å². The molecule has 0 radical (unpaired) electrons. The molecule has 266 valence electrons. The lowest BCUT2D eigenvalue weighted by molar-refractivity contribution is -0.322. The number of likely N-dealkylation sites (tertiary alicyclic amines) is 1. The Morgan fingerprint density at radius 3 is 2.25 bits per heavy atom. The summed E-state index contributed by atoms with van der Waals surface area (Å²) in [5, 5.41) is 37.4. The number of rotatable bonds is 10. The van der Waals surface area contributed by atoms with Gasteiger partial charge in [-0.25, -0.2) is 4.79 Å². The van der Waals surface area contributed by atoms with Gasteiger partial charge in [-0.1, -0.05) is 6.92 Å². The summed E-state index contributed by atoms with van der Waals surface area (Å²) < 4.78 is 42.7. The minimum Gasteiger partial charge on any atom is -0.497 e. The van der Waals surface area contributed by atoms with E-state index in [0.29, 0.717) is 25.3 Å². The van der Waals surface area contributed by atoms with Crippen LogP contribution in [0.3, 0.4) is 0 Å². The van der Waals surface area contributed by atoms with Gasteiger partial charge >= 0.3 is 11.9 Å². The summed E-state index contributed by atoms with van der Waals surface area (Å²) in [6.07, 6.45) is -5.64. The van der Waals surface area contributed by atoms with E-state index in [1.54, 1.807) is 45.6 Å². The fourth-order valence-electron chi connectivity index (χ4n) is 12.5. The molecule has 1 unspecified atom stereocenters. The summed E-state index contributed by atoms with van der Waals surface area (Å²) in [5.74, 6) is -3.23. The van der Waals surface area contributed by atoms with Gasteiger partial charge in [0, 0.05) is 83.0 Å². The molecule has 1 aromatic rings. The Kier molecular flexibility index (Phi) is 8.24. The third-order valence-electron chi connectivity index (χ3n) is 13.5. The second-order valence-corrected chi connectivity index (χ2v) is 14.8. The minimum absolute atomic E-state index is 0.0591. The highest BCUT2D eigenvalue weighted by atomic mass is 16.6. The van der Waals surface area contributed by atoms with Crippen LogP contribution >= 0.6 is 0 Å². The molecule has 5 aliphatic carbocycles. The number of carbonyl (C=O) groups excluding carboxylic acids is 2. The maximum Gasteiger partial charge on any atom is 0.338 e. The number of piperidine rings is 1. The van der Waals surface area contributed by atoms with Crippen molar-refractivity contribution in [1.82, 2.24) is 4.90 Å². The van der Waals surface area contributed by atoms with Gasteiger partial charge in [-0.2, -0.15) is 0 Å². The van der Waals surface area contributed by atoms with Gasteiger partial charge in [0.25, 0.3) is 0 Å². The normalized spacial score (nSPS) is 48.2. The Bertz CT molecular complexity index is 1430. The van der Waals surface area contributed by atoms with Gasteiger partial charge in [0.2, 0.25) is 0 Å². The molecule has 1 aliphatic heterocycles. The number of aliphatic hydroxyl groups is 3. The van der Waals surface area contributed by atoms with Crippen LogP contribution in [0.2, 0.25) is 0 Å². The molecule has 1 spiro atoms. The maximum atomic E-state index is 13.9. The molecule has 0 amide bonds. The Morgan fingerprint density at radius 2 is 1.69 bits per heavy atom. The molecule has 48 heavy (non-hydrogen) atoms. The molecule has 6 fully saturated rings. The summed E-state index contributed by atoms with van der Waals surface area (Å²) >= 11 is 0. The third-order valence-corrected chi connectivity index (χ3v) is 13.5. The molecule has 13 heteroatoms. The summed E-state index contributed by atoms with van der Waals surface area (Å²) in [7, 11) is 7.77. The molecule has 5 saturated carbocycles. The van der Waals surface area contributed by atoms with Gasteiger partial charge in [0.05, 0.1) is 37.6 Å². The molecular weight excluding hydrogens is 626 g/mol. The van der Waals surface area contributed by atoms with Crippen LogP contribution in [0.15, 0.2) is 24.3 Å². The van der Waals surface area contributed by atoms with Crippen LogP contribution in [-0.4, -0.2) is 141 Å². The Labute approximate surface area is 280 Å². The van der Waals surface area contributed by atoms with Gasteiger partial charge in [0.15, 0.2) is 5.60 Å². The van der Waals surface area contributed by atoms with Gasteiger partial charge in [-0.15, -0.1) is 0 Å². The molecule has 1 saturated heterocycles. The average Bonchev–Trinajstić information content (AvgIpc) is 3.44. The van der Waals surface area contributed by atoms with Crippen LogP contribution < -0.4 is 4.74 Å². The van der Waals surface area contributed by atoms with E-state index < -0.39 is 94.3 Å². The lowest BCUT2D eigenvalue weighted by atomic mass is 9.42. The van der Waals surface area contributed by atoms with Crippen LogP contribution in [0.1, 0.15) is 37.0 Å². The van der Waals surface area contributed by atoms with Crippen molar-refractivity contribution in [3.63, 3.8) is 0 Å². The SMILES string of the molecule is CCN1C[C@]2(COC)[C@H](O)CC(OC)[C@@]34[C@@H]5C[C@]6(O)[C@H](OC(=O)c7ccc(OC)cc7)[C@@H]5[C@@](OC(C)=O)([C@@H]([C@H](OC)[C@H]23)[C@H]14)[C@@H](O)[C@@H]6OC. The number of hydrogen-bond donors (Lipinski definition) is 3. The number of carbonyl (C=O) groups is 2. The first-order valence-electron chi connectivity index (χ1n) is 16.9. The number of ether oxygens (including phenoxy) is 7. The van der Waals surface area contributed by atoms with Crippen LogP contribution in [0, 0.1) is 34.5 Å². The maximum absolute atomic E-state index is 13.9. The first kappa shape index (κ1) is 34.1. The summed E-state index contributed by atoms with van der Waals surface area (Å²) in [6.45, 7) is 4.64. The van der Waals surface area contributed by atoms with E-state index in [-0.39, 0.29) is 24.6 Å². The van der Waals surface area contributed by atoms with E-state index in [2.05, 4.69) is 4.90 Å². The predicted octanol–water partition coefficient (Wildman–Crippen LogP) is 0.657. The van der Waals surface area contributed by atoms with E-state index in [9.17, 15) is 24.9 Å². The third kappa shape index (κ3) is 3.90. The largest absolute Gasteiger partial charge is 0.497 e. The molecule has 1 aromatic carbocycles. The number of fused-ring (bicyclic) bond motifs is 2. The van der Waals surface area contributed by atoms with E-state index in [4.69, 9.17) is 33.2 Å². The zero-order chi connectivity index (χ0) is 34.6. The van der Waals surface area contributed by atoms with E-state index >= 15 is 0 Å². The van der Waals surface area contributed by atoms with Crippen molar-refractivity contribution in [3.8, 4) is 5.75 Å².